The molecule has 2 N–H and O–H groups in total. The fourth-order valence-electron chi connectivity index (χ4n) is 2.10. The molecule has 116 valence electrons. The molecule has 0 saturated heterocycles. The van der Waals surface area contributed by atoms with Crippen molar-refractivity contribution in [1.82, 2.24) is 5.32 Å². The lowest BCUT2D eigenvalue weighted by Crippen LogP contribution is -2.31. The number of aryl methyl sites for hydroxylation is 1. The Morgan fingerprint density at radius 1 is 1.23 bits per heavy atom. The lowest BCUT2D eigenvalue weighted by Gasteiger charge is -2.19. The Hall–Kier alpha value is -1.59. The summed E-state index contributed by atoms with van der Waals surface area (Å²) in [6, 6.07) is 14.1. The molecule has 0 heterocycles. The molecule has 0 spiro atoms. The van der Waals surface area contributed by atoms with Crippen LogP contribution in [-0.4, -0.2) is 12.2 Å². The van der Waals surface area contributed by atoms with Crippen molar-refractivity contribution in [3.05, 3.63) is 58.1 Å². The van der Waals surface area contributed by atoms with Gasteiger partial charge in [0.15, 0.2) is 5.11 Å². The minimum atomic E-state index is 0.0891. The van der Waals surface area contributed by atoms with Crippen LogP contribution in [0.5, 0.6) is 5.75 Å². The zero-order valence-corrected chi connectivity index (χ0v) is 15.2. The number of anilines is 1. The van der Waals surface area contributed by atoms with Gasteiger partial charge in [-0.3, -0.25) is 0 Å². The third kappa shape index (κ3) is 4.21. The van der Waals surface area contributed by atoms with Gasteiger partial charge in [-0.15, -0.1) is 0 Å². The Morgan fingerprint density at radius 3 is 2.59 bits per heavy atom. The van der Waals surface area contributed by atoms with E-state index in [0.29, 0.717) is 5.11 Å². The van der Waals surface area contributed by atoms with Gasteiger partial charge in [-0.05, 0) is 71.3 Å². The second-order valence-corrected chi connectivity index (χ2v) is 6.29. The van der Waals surface area contributed by atoms with Crippen molar-refractivity contribution in [2.75, 3.05) is 12.4 Å². The summed E-state index contributed by atoms with van der Waals surface area (Å²) in [5.74, 6) is 0.816. The van der Waals surface area contributed by atoms with Crippen LogP contribution in [0.4, 0.5) is 5.69 Å². The molecule has 3 nitrogen and oxygen atoms in total. The van der Waals surface area contributed by atoms with Crippen LogP contribution in [0.3, 0.4) is 0 Å². The zero-order valence-electron chi connectivity index (χ0n) is 12.8. The van der Waals surface area contributed by atoms with Gasteiger partial charge in [0.1, 0.15) is 5.75 Å². The molecule has 0 saturated carbocycles. The minimum Gasteiger partial charge on any atom is -0.496 e. The molecule has 2 aromatic rings. The maximum Gasteiger partial charge on any atom is 0.171 e. The van der Waals surface area contributed by atoms with E-state index in [1.165, 1.54) is 0 Å². The number of halogens is 1. The molecule has 0 aromatic heterocycles. The quantitative estimate of drug-likeness (QED) is 0.747. The van der Waals surface area contributed by atoms with Crippen LogP contribution in [0, 0.1) is 6.92 Å². The Balaban J connectivity index is 2.02. The number of ether oxygens (including phenoxy) is 1. The minimum absolute atomic E-state index is 0.0891. The fraction of sp³-hybridized carbons (Fsp3) is 0.235. The van der Waals surface area contributed by atoms with Crippen LogP contribution in [0.15, 0.2) is 46.9 Å². The zero-order chi connectivity index (χ0) is 16.1. The van der Waals surface area contributed by atoms with Gasteiger partial charge in [0.25, 0.3) is 0 Å². The number of hydrogen-bond acceptors (Lipinski definition) is 2. The number of benzene rings is 2. The predicted molar refractivity (Wildman–Crippen MR) is 99.6 cm³/mol. The molecule has 5 heteroatoms. The third-order valence-corrected chi connectivity index (χ3v) is 4.26. The van der Waals surface area contributed by atoms with E-state index in [0.717, 1.165) is 27.0 Å². The summed E-state index contributed by atoms with van der Waals surface area (Å²) in [6.07, 6.45) is 0. The van der Waals surface area contributed by atoms with Gasteiger partial charge in [-0.25, -0.2) is 0 Å². The molecule has 2 aromatic carbocycles. The highest BCUT2D eigenvalue weighted by atomic mass is 79.9. The maximum absolute atomic E-state index is 5.39. The molecule has 0 aliphatic carbocycles. The number of nitrogens with one attached hydrogen (secondary N) is 2. The molecule has 1 atom stereocenters. The van der Waals surface area contributed by atoms with E-state index < -0.39 is 0 Å². The van der Waals surface area contributed by atoms with Gasteiger partial charge in [-0.1, -0.05) is 24.3 Å². The highest BCUT2D eigenvalue weighted by molar-refractivity contribution is 9.10. The lowest BCUT2D eigenvalue weighted by atomic mass is 10.1. The highest BCUT2D eigenvalue weighted by Gasteiger charge is 2.10. The van der Waals surface area contributed by atoms with Crippen molar-refractivity contribution < 1.29 is 4.74 Å². The van der Waals surface area contributed by atoms with E-state index in [9.17, 15) is 0 Å². The lowest BCUT2D eigenvalue weighted by molar-refractivity contribution is 0.412. The van der Waals surface area contributed by atoms with Gasteiger partial charge in [0, 0.05) is 5.69 Å². The molecule has 2 rings (SSSR count). The van der Waals surface area contributed by atoms with E-state index >= 15 is 0 Å². The monoisotopic (exact) mass is 378 g/mol. The summed E-state index contributed by atoms with van der Waals surface area (Å²) < 4.78 is 6.18. The van der Waals surface area contributed by atoms with Crippen LogP contribution in [0.1, 0.15) is 24.1 Å². The van der Waals surface area contributed by atoms with Gasteiger partial charge in [0.05, 0.1) is 17.6 Å². The van der Waals surface area contributed by atoms with Gasteiger partial charge >= 0.3 is 0 Å². The van der Waals surface area contributed by atoms with Crippen LogP contribution in [0.2, 0.25) is 0 Å². The molecule has 0 aliphatic heterocycles. The van der Waals surface area contributed by atoms with Crippen LogP contribution >= 0.6 is 28.1 Å². The van der Waals surface area contributed by atoms with E-state index in [4.69, 9.17) is 17.0 Å². The Morgan fingerprint density at radius 2 is 1.95 bits per heavy atom. The first-order valence-corrected chi connectivity index (χ1v) is 8.18. The highest BCUT2D eigenvalue weighted by Crippen LogP contribution is 2.28. The Labute approximate surface area is 145 Å². The van der Waals surface area contributed by atoms with Crippen LogP contribution in [-0.2, 0) is 0 Å². The van der Waals surface area contributed by atoms with Crippen LogP contribution < -0.4 is 15.4 Å². The van der Waals surface area contributed by atoms with Crippen LogP contribution in [0.25, 0.3) is 0 Å². The Bertz CT molecular complexity index is 675. The average Bonchev–Trinajstić information content (AvgIpc) is 2.49. The summed E-state index contributed by atoms with van der Waals surface area (Å²) >= 11 is 8.90. The van der Waals surface area contributed by atoms with Crippen molar-refractivity contribution in [1.29, 1.82) is 0 Å². The normalized spacial score (nSPS) is 11.6. The summed E-state index contributed by atoms with van der Waals surface area (Å²) in [4.78, 5) is 0. The van der Waals surface area contributed by atoms with E-state index in [-0.39, 0.29) is 6.04 Å². The fourth-order valence-corrected chi connectivity index (χ4v) is 2.95. The smallest absolute Gasteiger partial charge is 0.171 e. The maximum atomic E-state index is 5.39. The second-order valence-electron chi connectivity index (χ2n) is 5.03. The number of para-hydroxylation sites is 1. The average molecular weight is 379 g/mol. The summed E-state index contributed by atoms with van der Waals surface area (Å²) in [6.45, 7) is 4.12. The standard InChI is InChI=1S/C17H19BrN2OS/c1-11-6-4-5-7-15(11)20-17(22)19-12(2)13-8-9-16(21-3)14(18)10-13/h4-10,12H,1-3H3,(H2,19,20,22)/t12-/m0/s1. The van der Waals surface area contributed by atoms with Gasteiger partial charge in [-0.2, -0.15) is 0 Å². The summed E-state index contributed by atoms with van der Waals surface area (Å²) in [7, 11) is 1.66. The molecule has 0 radical (unpaired) electrons. The largest absolute Gasteiger partial charge is 0.496 e. The van der Waals surface area contributed by atoms with E-state index in [1.807, 2.05) is 36.4 Å². The Kier molecular flexibility index (Phi) is 5.80. The molecular weight excluding hydrogens is 360 g/mol. The topological polar surface area (TPSA) is 33.3 Å². The third-order valence-electron chi connectivity index (χ3n) is 3.42. The second kappa shape index (κ2) is 7.61. The molecule has 22 heavy (non-hydrogen) atoms. The number of hydrogen-bond donors (Lipinski definition) is 2. The summed E-state index contributed by atoms with van der Waals surface area (Å²) in [5.41, 5.74) is 3.30. The molecule has 0 aliphatic rings. The van der Waals surface area contributed by atoms with Crippen molar-refractivity contribution in [3.63, 3.8) is 0 Å². The first kappa shape index (κ1) is 16.8. The van der Waals surface area contributed by atoms with Crippen molar-refractivity contribution in [2.24, 2.45) is 0 Å². The number of rotatable bonds is 4. The van der Waals surface area contributed by atoms with Crippen molar-refractivity contribution >= 4 is 38.9 Å². The van der Waals surface area contributed by atoms with Gasteiger partial charge in [0.2, 0.25) is 0 Å². The van der Waals surface area contributed by atoms with Gasteiger partial charge < -0.3 is 15.4 Å². The first-order chi connectivity index (χ1) is 10.5. The molecule has 0 unspecified atom stereocenters. The van der Waals surface area contributed by atoms with E-state index in [2.05, 4.69) is 46.5 Å². The van der Waals surface area contributed by atoms with E-state index in [1.54, 1.807) is 7.11 Å². The number of thiocarbonyl (C=S) groups is 1. The molecular formula is C17H19BrN2OS. The molecule has 0 amide bonds. The molecule has 0 fully saturated rings. The number of methoxy groups -OCH3 is 1. The molecule has 0 bridgehead atoms. The van der Waals surface area contributed by atoms with Crippen molar-refractivity contribution in [2.45, 2.75) is 19.9 Å². The predicted octanol–water partition coefficient (Wildman–Crippen LogP) is 4.81. The summed E-state index contributed by atoms with van der Waals surface area (Å²) in [5, 5.41) is 7.13. The SMILES string of the molecule is COc1ccc([C@H](C)NC(=S)Nc2ccccc2C)cc1Br. The first-order valence-electron chi connectivity index (χ1n) is 6.98. The van der Waals surface area contributed by atoms with Crippen molar-refractivity contribution in [3.8, 4) is 5.75 Å².